The molecule has 0 aliphatic carbocycles. The van der Waals surface area contributed by atoms with E-state index in [1.54, 1.807) is 14.2 Å². The first-order valence-electron chi connectivity index (χ1n) is 8.11. The molecule has 2 N–H and O–H groups in total. The van der Waals surface area contributed by atoms with E-state index in [2.05, 4.69) is 0 Å². The largest absolute Gasteiger partial charge is 0.493 e. The fraction of sp³-hybridized carbons (Fsp3) is 0.368. The van der Waals surface area contributed by atoms with Crippen molar-refractivity contribution in [1.82, 2.24) is 0 Å². The van der Waals surface area contributed by atoms with Crippen LogP contribution >= 0.6 is 12.4 Å². The quantitative estimate of drug-likeness (QED) is 0.826. The van der Waals surface area contributed by atoms with Crippen LogP contribution in [-0.4, -0.2) is 32.7 Å². The van der Waals surface area contributed by atoms with Crippen molar-refractivity contribution >= 4 is 12.4 Å². The topological polar surface area (TPSA) is 72.2 Å². The number of fused-ring (bicyclic) bond motifs is 1. The van der Waals surface area contributed by atoms with E-state index >= 15 is 0 Å². The fourth-order valence-corrected chi connectivity index (χ4v) is 2.71. The van der Waals surface area contributed by atoms with Gasteiger partial charge in [0.05, 0.1) is 20.8 Å². The van der Waals surface area contributed by atoms with E-state index in [1.807, 2.05) is 49.4 Å². The van der Waals surface area contributed by atoms with Gasteiger partial charge in [-0.1, -0.05) is 18.2 Å². The molecule has 2 aromatic carbocycles. The molecule has 0 saturated carbocycles. The lowest BCUT2D eigenvalue weighted by atomic mass is 9.99. The molecule has 0 bridgehead atoms. The van der Waals surface area contributed by atoms with Gasteiger partial charge in [-0.2, -0.15) is 0 Å². The Morgan fingerprint density at radius 3 is 2.23 bits per heavy atom. The second-order valence-electron chi connectivity index (χ2n) is 5.99. The standard InChI is InChI=1S/C19H23NO5.ClH/c1-19(18(20)24-13-7-4-5-8-14(13)25-19)11-12-23-17-15(21-2)9-6-10-16(17)22-3;/h4-10,18H,11-12,20H2,1-3H3;1H. The molecule has 1 aliphatic rings. The van der Waals surface area contributed by atoms with E-state index in [9.17, 15) is 0 Å². The summed E-state index contributed by atoms with van der Waals surface area (Å²) in [5.74, 6) is 3.11. The molecule has 2 unspecified atom stereocenters. The average molecular weight is 382 g/mol. The Balaban J connectivity index is 0.00000243. The Bertz CT molecular complexity index is 719. The third kappa shape index (κ3) is 3.92. The minimum absolute atomic E-state index is 0. The molecule has 1 aliphatic heterocycles. The minimum atomic E-state index is -0.705. The zero-order valence-electron chi connectivity index (χ0n) is 15.1. The molecule has 0 amide bonds. The summed E-state index contributed by atoms with van der Waals surface area (Å²) >= 11 is 0. The van der Waals surface area contributed by atoms with Gasteiger partial charge in [0.25, 0.3) is 0 Å². The van der Waals surface area contributed by atoms with E-state index in [0.29, 0.717) is 41.8 Å². The van der Waals surface area contributed by atoms with E-state index in [1.165, 1.54) is 0 Å². The Morgan fingerprint density at radius 1 is 1.00 bits per heavy atom. The highest BCUT2D eigenvalue weighted by Gasteiger charge is 2.40. The molecule has 2 aromatic rings. The molecular weight excluding hydrogens is 358 g/mol. The van der Waals surface area contributed by atoms with Crippen molar-refractivity contribution in [2.45, 2.75) is 25.2 Å². The summed E-state index contributed by atoms with van der Waals surface area (Å²) in [4.78, 5) is 0. The van der Waals surface area contributed by atoms with Crippen LogP contribution in [0.3, 0.4) is 0 Å². The lowest BCUT2D eigenvalue weighted by molar-refractivity contribution is -0.0629. The molecule has 3 rings (SSSR count). The number of hydrogen-bond acceptors (Lipinski definition) is 6. The Kier molecular flexibility index (Phi) is 6.45. The lowest BCUT2D eigenvalue weighted by Gasteiger charge is -2.40. The van der Waals surface area contributed by atoms with Gasteiger partial charge in [-0.15, -0.1) is 12.4 Å². The summed E-state index contributed by atoms with van der Waals surface area (Å²) in [7, 11) is 3.18. The van der Waals surface area contributed by atoms with Crippen LogP contribution in [0.1, 0.15) is 13.3 Å². The zero-order valence-corrected chi connectivity index (χ0v) is 15.9. The molecular formula is C19H24ClNO5. The first kappa shape index (κ1) is 20.0. The van der Waals surface area contributed by atoms with Crippen LogP contribution in [0.15, 0.2) is 42.5 Å². The van der Waals surface area contributed by atoms with Gasteiger partial charge in [-0.05, 0) is 31.2 Å². The molecule has 142 valence electrons. The van der Waals surface area contributed by atoms with Crippen LogP contribution in [0.2, 0.25) is 0 Å². The van der Waals surface area contributed by atoms with Crippen molar-refractivity contribution in [1.29, 1.82) is 0 Å². The number of halogens is 1. The highest BCUT2D eigenvalue weighted by molar-refractivity contribution is 5.85. The van der Waals surface area contributed by atoms with Gasteiger partial charge in [0.15, 0.2) is 34.8 Å². The van der Waals surface area contributed by atoms with Gasteiger partial charge in [-0.25, -0.2) is 0 Å². The van der Waals surface area contributed by atoms with Gasteiger partial charge < -0.3 is 23.7 Å². The summed E-state index contributed by atoms with van der Waals surface area (Å²) in [5, 5.41) is 0. The van der Waals surface area contributed by atoms with E-state index in [0.717, 1.165) is 0 Å². The molecule has 0 saturated heterocycles. The SMILES string of the molecule is COc1cccc(OC)c1OCCC1(C)Oc2ccccc2OC1N.Cl. The Labute approximate surface area is 159 Å². The van der Waals surface area contributed by atoms with Crippen LogP contribution in [0.4, 0.5) is 0 Å². The van der Waals surface area contributed by atoms with Crippen LogP contribution in [-0.2, 0) is 0 Å². The number of methoxy groups -OCH3 is 2. The maximum atomic E-state index is 6.17. The van der Waals surface area contributed by atoms with Gasteiger partial charge >= 0.3 is 0 Å². The summed E-state index contributed by atoms with van der Waals surface area (Å²) in [5.41, 5.74) is 5.46. The van der Waals surface area contributed by atoms with Crippen molar-refractivity contribution in [3.8, 4) is 28.7 Å². The molecule has 0 spiro atoms. The summed E-state index contributed by atoms with van der Waals surface area (Å²) < 4.78 is 28.5. The van der Waals surface area contributed by atoms with Gasteiger partial charge in [0.1, 0.15) is 0 Å². The van der Waals surface area contributed by atoms with Crippen LogP contribution in [0.5, 0.6) is 28.7 Å². The third-order valence-corrected chi connectivity index (χ3v) is 4.28. The maximum Gasteiger partial charge on any atom is 0.203 e. The Morgan fingerprint density at radius 2 is 1.62 bits per heavy atom. The predicted molar refractivity (Wildman–Crippen MR) is 101 cm³/mol. The van der Waals surface area contributed by atoms with Crippen molar-refractivity contribution in [3.63, 3.8) is 0 Å². The third-order valence-electron chi connectivity index (χ3n) is 4.28. The first-order valence-corrected chi connectivity index (χ1v) is 8.11. The highest BCUT2D eigenvalue weighted by Crippen LogP contribution is 2.39. The van der Waals surface area contributed by atoms with Crippen LogP contribution in [0, 0.1) is 0 Å². The molecule has 0 fully saturated rings. The highest BCUT2D eigenvalue weighted by atomic mass is 35.5. The Hall–Kier alpha value is -2.31. The van der Waals surface area contributed by atoms with Crippen molar-refractivity contribution in [2.75, 3.05) is 20.8 Å². The zero-order chi connectivity index (χ0) is 17.9. The summed E-state index contributed by atoms with van der Waals surface area (Å²) in [6.07, 6.45) is -0.0606. The van der Waals surface area contributed by atoms with Crippen LogP contribution < -0.4 is 29.4 Å². The number of para-hydroxylation sites is 3. The fourth-order valence-electron chi connectivity index (χ4n) is 2.71. The summed E-state index contributed by atoms with van der Waals surface area (Å²) in [6, 6.07) is 13.0. The second kappa shape index (κ2) is 8.38. The number of nitrogens with two attached hydrogens (primary N) is 1. The van der Waals surface area contributed by atoms with Crippen molar-refractivity contribution in [3.05, 3.63) is 42.5 Å². The van der Waals surface area contributed by atoms with Gasteiger partial charge in [-0.3, -0.25) is 5.73 Å². The molecule has 7 heteroatoms. The van der Waals surface area contributed by atoms with Gasteiger partial charge in [0.2, 0.25) is 5.75 Å². The molecule has 26 heavy (non-hydrogen) atoms. The first-order chi connectivity index (χ1) is 12.1. The predicted octanol–water partition coefficient (Wildman–Crippen LogP) is 3.41. The average Bonchev–Trinajstić information content (AvgIpc) is 2.62. The molecule has 6 nitrogen and oxygen atoms in total. The van der Waals surface area contributed by atoms with Gasteiger partial charge in [0, 0.05) is 6.42 Å². The van der Waals surface area contributed by atoms with E-state index in [4.69, 9.17) is 29.4 Å². The monoisotopic (exact) mass is 381 g/mol. The normalized spacial score (nSPS) is 20.7. The van der Waals surface area contributed by atoms with Crippen molar-refractivity contribution < 1.29 is 23.7 Å². The van der Waals surface area contributed by atoms with Crippen LogP contribution in [0.25, 0.3) is 0 Å². The maximum absolute atomic E-state index is 6.17. The van der Waals surface area contributed by atoms with E-state index < -0.39 is 11.8 Å². The molecule has 0 radical (unpaired) electrons. The molecule has 0 aromatic heterocycles. The summed E-state index contributed by atoms with van der Waals surface area (Å²) in [6.45, 7) is 2.28. The number of benzene rings is 2. The van der Waals surface area contributed by atoms with Crippen molar-refractivity contribution in [2.24, 2.45) is 5.73 Å². The lowest BCUT2D eigenvalue weighted by Crippen LogP contribution is -2.56. The molecule has 1 heterocycles. The second-order valence-corrected chi connectivity index (χ2v) is 5.99. The minimum Gasteiger partial charge on any atom is -0.493 e. The number of ether oxygens (including phenoxy) is 5. The number of hydrogen-bond donors (Lipinski definition) is 1. The molecule has 2 atom stereocenters. The number of rotatable bonds is 6. The smallest absolute Gasteiger partial charge is 0.203 e. The van der Waals surface area contributed by atoms with E-state index in [-0.39, 0.29) is 12.4 Å².